The van der Waals surface area contributed by atoms with Crippen LogP contribution in [0.4, 0.5) is 4.79 Å². The van der Waals surface area contributed by atoms with E-state index in [9.17, 15) is 14.7 Å². The number of aromatic hydroxyl groups is 1. The lowest BCUT2D eigenvalue weighted by Crippen LogP contribution is -2.22. The monoisotopic (exact) mass is 487 g/mol. The molecule has 2 aromatic heterocycles. The number of hydrogen-bond donors (Lipinski definition) is 1. The molecule has 0 atom stereocenters. The zero-order chi connectivity index (χ0) is 21.3. The van der Waals surface area contributed by atoms with Gasteiger partial charge >= 0.3 is 0 Å². The summed E-state index contributed by atoms with van der Waals surface area (Å²) in [5, 5.41) is 13.9. The lowest BCUT2D eigenvalue weighted by molar-refractivity contribution is -0.121. The van der Waals surface area contributed by atoms with Crippen molar-refractivity contribution >= 4 is 44.9 Å². The summed E-state index contributed by atoms with van der Waals surface area (Å²) in [6.45, 7) is 0.124. The molecule has 1 aromatic carbocycles. The molecule has 1 aliphatic heterocycles. The predicted octanol–water partition coefficient (Wildman–Crippen LogP) is 3.38. The number of aromatic nitrogens is 4. The van der Waals surface area contributed by atoms with Crippen LogP contribution in [0.2, 0.25) is 0 Å². The normalized spacial score (nSPS) is 15.3. The number of carbonyl (C=O) groups excluding carboxylic acids is 2. The molecule has 1 aliphatic rings. The van der Waals surface area contributed by atoms with E-state index in [1.807, 2.05) is 0 Å². The fourth-order valence-electron chi connectivity index (χ4n) is 2.56. The molecule has 3 aromatic rings. The Bertz CT molecular complexity index is 1150. The Labute approximate surface area is 183 Å². The minimum Gasteiger partial charge on any atom is -0.504 e. The van der Waals surface area contributed by atoms with E-state index in [-0.39, 0.29) is 29.3 Å². The van der Waals surface area contributed by atoms with Gasteiger partial charge in [0.2, 0.25) is 5.95 Å². The molecule has 2 amide bonds. The molecule has 0 saturated carbocycles. The molecule has 11 heteroatoms. The van der Waals surface area contributed by atoms with Crippen LogP contribution in [0.1, 0.15) is 11.1 Å². The SMILES string of the molecule is CN1C(=O)S/C(=C\c2cc(OCc3cnc(-n4cccn4)nc3)c(O)cc2Br)C1=O. The van der Waals surface area contributed by atoms with Gasteiger partial charge in [-0.25, -0.2) is 14.6 Å². The average molecular weight is 488 g/mol. The van der Waals surface area contributed by atoms with Gasteiger partial charge in [0.15, 0.2) is 11.5 Å². The standard InChI is InChI=1S/C19H14BrN5O4S/c1-24-17(27)16(30-19(24)28)6-12-5-15(14(26)7-13(12)20)29-10-11-8-21-18(22-9-11)25-4-2-3-23-25/h2-9,26H,10H2,1H3/b16-6-. The van der Waals surface area contributed by atoms with E-state index >= 15 is 0 Å². The second-order valence-corrected chi connectivity index (χ2v) is 8.06. The van der Waals surface area contributed by atoms with Crippen molar-refractivity contribution < 1.29 is 19.4 Å². The molecule has 30 heavy (non-hydrogen) atoms. The van der Waals surface area contributed by atoms with Crippen LogP contribution < -0.4 is 4.74 Å². The maximum Gasteiger partial charge on any atom is 0.293 e. The van der Waals surface area contributed by atoms with Crippen LogP contribution in [-0.4, -0.2) is 47.9 Å². The highest BCUT2D eigenvalue weighted by atomic mass is 79.9. The Hall–Kier alpha value is -3.18. The molecule has 1 N–H and O–H groups in total. The predicted molar refractivity (Wildman–Crippen MR) is 113 cm³/mol. The number of phenols is 1. The van der Waals surface area contributed by atoms with E-state index < -0.39 is 0 Å². The van der Waals surface area contributed by atoms with Crippen molar-refractivity contribution in [1.82, 2.24) is 24.6 Å². The lowest BCUT2D eigenvalue weighted by atomic mass is 10.2. The first kappa shape index (κ1) is 20.1. The zero-order valence-corrected chi connectivity index (χ0v) is 17.9. The fourth-order valence-corrected chi connectivity index (χ4v) is 3.82. The Morgan fingerprint density at radius 2 is 2.03 bits per heavy atom. The summed E-state index contributed by atoms with van der Waals surface area (Å²) in [5.74, 6) is 0.206. The second-order valence-electron chi connectivity index (χ2n) is 6.21. The summed E-state index contributed by atoms with van der Waals surface area (Å²) in [5.41, 5.74) is 1.29. The maximum atomic E-state index is 12.1. The first-order valence-corrected chi connectivity index (χ1v) is 10.2. The summed E-state index contributed by atoms with van der Waals surface area (Å²) in [6.07, 6.45) is 8.16. The van der Waals surface area contributed by atoms with Crippen molar-refractivity contribution in [3.63, 3.8) is 0 Å². The van der Waals surface area contributed by atoms with Gasteiger partial charge in [-0.3, -0.25) is 14.5 Å². The molecule has 9 nitrogen and oxygen atoms in total. The lowest BCUT2D eigenvalue weighted by Gasteiger charge is -2.11. The van der Waals surface area contributed by atoms with E-state index in [0.717, 1.165) is 16.7 Å². The molecular formula is C19H14BrN5O4S. The summed E-state index contributed by atoms with van der Waals surface area (Å²) >= 11 is 4.21. The van der Waals surface area contributed by atoms with Gasteiger partial charge < -0.3 is 9.84 Å². The van der Waals surface area contributed by atoms with Crippen LogP contribution >= 0.6 is 27.7 Å². The number of halogens is 1. The number of rotatable bonds is 5. The number of phenolic OH excluding ortho intramolecular Hbond substituents is 1. The Balaban J connectivity index is 1.51. The van der Waals surface area contributed by atoms with E-state index in [2.05, 4.69) is 31.0 Å². The molecule has 4 rings (SSSR count). The van der Waals surface area contributed by atoms with Gasteiger partial charge in [0, 0.05) is 41.9 Å². The van der Waals surface area contributed by atoms with Crippen molar-refractivity contribution in [3.8, 4) is 17.4 Å². The average Bonchev–Trinajstić information content (AvgIpc) is 3.35. The molecule has 152 valence electrons. The first-order valence-electron chi connectivity index (χ1n) is 8.60. The molecule has 0 bridgehead atoms. The third-order valence-electron chi connectivity index (χ3n) is 4.15. The molecule has 1 fully saturated rings. The van der Waals surface area contributed by atoms with E-state index in [4.69, 9.17) is 4.74 Å². The highest BCUT2D eigenvalue weighted by molar-refractivity contribution is 9.10. The van der Waals surface area contributed by atoms with Gasteiger partial charge in [0.25, 0.3) is 11.1 Å². The van der Waals surface area contributed by atoms with E-state index in [1.165, 1.54) is 17.8 Å². The topological polar surface area (TPSA) is 110 Å². The van der Waals surface area contributed by atoms with Crippen LogP contribution in [-0.2, 0) is 11.4 Å². The molecule has 0 aliphatic carbocycles. The number of carbonyl (C=O) groups is 2. The van der Waals surface area contributed by atoms with Gasteiger partial charge in [-0.1, -0.05) is 15.9 Å². The van der Waals surface area contributed by atoms with Crippen molar-refractivity contribution in [1.29, 1.82) is 0 Å². The summed E-state index contributed by atoms with van der Waals surface area (Å²) < 4.78 is 7.81. The Kier molecular flexibility index (Phi) is 5.55. The van der Waals surface area contributed by atoms with Crippen LogP contribution in [0, 0.1) is 0 Å². The van der Waals surface area contributed by atoms with E-state index in [1.54, 1.807) is 43.0 Å². The van der Waals surface area contributed by atoms with Crippen LogP contribution in [0.15, 0.2) is 52.4 Å². The number of benzene rings is 1. The number of thioether (sulfide) groups is 1. The van der Waals surface area contributed by atoms with Gasteiger partial charge in [-0.05, 0) is 41.6 Å². The fraction of sp³-hybridized carbons (Fsp3) is 0.105. The highest BCUT2D eigenvalue weighted by Gasteiger charge is 2.32. The van der Waals surface area contributed by atoms with Gasteiger partial charge in [-0.15, -0.1) is 0 Å². The third-order valence-corrected chi connectivity index (χ3v) is 5.79. The Morgan fingerprint density at radius 1 is 1.27 bits per heavy atom. The van der Waals surface area contributed by atoms with Gasteiger partial charge in [0.05, 0.1) is 4.91 Å². The zero-order valence-electron chi connectivity index (χ0n) is 15.5. The third kappa shape index (κ3) is 4.07. The summed E-state index contributed by atoms with van der Waals surface area (Å²) in [6, 6.07) is 4.83. The highest BCUT2D eigenvalue weighted by Crippen LogP contribution is 2.37. The number of ether oxygens (including phenoxy) is 1. The number of amides is 2. The molecule has 0 radical (unpaired) electrons. The van der Waals surface area contributed by atoms with E-state index in [0.29, 0.717) is 26.5 Å². The second kappa shape index (κ2) is 8.28. The number of nitrogens with zero attached hydrogens (tertiary/aromatic N) is 5. The van der Waals surface area contributed by atoms with Crippen molar-refractivity contribution in [2.75, 3.05) is 7.05 Å². The molecule has 3 heterocycles. The van der Waals surface area contributed by atoms with Gasteiger partial charge in [0.1, 0.15) is 6.61 Å². The summed E-state index contributed by atoms with van der Waals surface area (Å²) in [7, 11) is 1.43. The molecular weight excluding hydrogens is 474 g/mol. The summed E-state index contributed by atoms with van der Waals surface area (Å²) in [4.78, 5) is 33.6. The van der Waals surface area contributed by atoms with Crippen LogP contribution in [0.3, 0.4) is 0 Å². The van der Waals surface area contributed by atoms with Gasteiger partial charge in [-0.2, -0.15) is 5.10 Å². The molecule has 1 saturated heterocycles. The van der Waals surface area contributed by atoms with Crippen LogP contribution in [0.25, 0.3) is 12.0 Å². The van der Waals surface area contributed by atoms with Crippen LogP contribution in [0.5, 0.6) is 11.5 Å². The quantitative estimate of drug-likeness (QED) is 0.545. The van der Waals surface area contributed by atoms with Crippen molar-refractivity contribution in [2.24, 2.45) is 0 Å². The molecule has 0 spiro atoms. The number of hydrogen-bond acceptors (Lipinski definition) is 8. The number of imide groups is 1. The minimum absolute atomic E-state index is 0.0725. The smallest absolute Gasteiger partial charge is 0.293 e. The molecule has 0 unspecified atom stereocenters. The first-order chi connectivity index (χ1) is 14.4. The number of likely N-dealkylation sites (N-methyl/N-ethyl adjacent to an activating group) is 1. The maximum absolute atomic E-state index is 12.1. The largest absolute Gasteiger partial charge is 0.504 e. The Morgan fingerprint density at radius 3 is 2.67 bits per heavy atom. The van der Waals surface area contributed by atoms with Crippen molar-refractivity contribution in [2.45, 2.75) is 6.61 Å². The minimum atomic E-state index is -0.373. The van der Waals surface area contributed by atoms with Crippen molar-refractivity contribution in [3.05, 3.63) is 63.5 Å².